The molecule has 7 rings (SSSR count). The minimum absolute atomic E-state index is 0.0227. The second-order valence-corrected chi connectivity index (χ2v) is 21.9. The predicted octanol–water partition coefficient (Wildman–Crippen LogP) is 7.42. The molecule has 2 bridgehead atoms. The number of likely N-dealkylation sites (tertiary alicyclic amines) is 1. The summed E-state index contributed by atoms with van der Waals surface area (Å²) in [4.78, 5) is 32.5. The maximum Gasteiger partial charge on any atom is 0.314 e. The topological polar surface area (TPSA) is 159 Å². The number of carboxylic acid groups (broad SMARTS) is 1. The molecule has 13 atom stereocenters. The molecule has 0 unspecified atom stereocenters. The molecule has 2 saturated heterocycles. The summed E-state index contributed by atoms with van der Waals surface area (Å²) in [5.74, 6) is 0.975. The highest BCUT2D eigenvalue weighted by molar-refractivity contribution is 5.73. The highest BCUT2D eigenvalue weighted by atomic mass is 16.5. The summed E-state index contributed by atoms with van der Waals surface area (Å²) in [6.07, 6.45) is 10.1. The maximum atomic E-state index is 13.7. The lowest BCUT2D eigenvalue weighted by molar-refractivity contribution is -0.255. The minimum atomic E-state index is -0.649. The van der Waals surface area contributed by atoms with E-state index >= 15 is 0 Å². The zero-order valence-corrected chi connectivity index (χ0v) is 35.8. The number of urea groups is 1. The van der Waals surface area contributed by atoms with E-state index in [4.69, 9.17) is 31.0 Å². The summed E-state index contributed by atoms with van der Waals surface area (Å²) >= 11 is 0. The van der Waals surface area contributed by atoms with Crippen molar-refractivity contribution in [1.29, 1.82) is 0 Å². The molecule has 55 heavy (non-hydrogen) atoms. The van der Waals surface area contributed by atoms with Crippen molar-refractivity contribution in [2.45, 2.75) is 145 Å². The van der Waals surface area contributed by atoms with Crippen molar-refractivity contribution in [2.24, 2.45) is 73.5 Å². The normalized spacial score (nSPS) is 43.1. The quantitative estimate of drug-likeness (QED) is 0.231. The van der Waals surface area contributed by atoms with Gasteiger partial charge in [0, 0.05) is 30.0 Å². The third-order valence-corrected chi connectivity index (χ3v) is 18.1. The number of hydrogen-bond acceptors (Lipinski definition) is 7. The van der Waals surface area contributed by atoms with Crippen LogP contribution in [0.4, 0.5) is 4.79 Å². The van der Waals surface area contributed by atoms with Crippen LogP contribution in [0.5, 0.6) is 0 Å². The molecule has 4 aliphatic carbocycles. The van der Waals surface area contributed by atoms with Crippen LogP contribution in [0.3, 0.4) is 0 Å². The zero-order chi connectivity index (χ0) is 40.3. The lowest BCUT2D eigenvalue weighted by Crippen LogP contribution is -2.70. The van der Waals surface area contributed by atoms with Gasteiger partial charge in [-0.1, -0.05) is 80.9 Å². The molecule has 3 heterocycles. The number of carbonyl (C=O) groups excluding carboxylic acids is 1. The Kier molecular flexibility index (Phi) is 9.81. The molecule has 11 nitrogen and oxygen atoms in total. The van der Waals surface area contributed by atoms with E-state index in [0.717, 1.165) is 44.3 Å². The number of carbonyl (C=O) groups is 2. The zero-order valence-electron chi connectivity index (χ0n) is 35.8. The van der Waals surface area contributed by atoms with Gasteiger partial charge < -0.3 is 30.9 Å². The molecule has 2 amide bonds. The van der Waals surface area contributed by atoms with Crippen molar-refractivity contribution >= 4 is 12.0 Å². The lowest BCUT2D eigenvalue weighted by Gasteiger charge is -2.71. The van der Waals surface area contributed by atoms with E-state index in [-0.39, 0.29) is 51.6 Å². The summed E-state index contributed by atoms with van der Waals surface area (Å²) in [5.41, 5.74) is 11.9. The summed E-state index contributed by atoms with van der Waals surface area (Å²) in [6, 6.07) is -0.544. The van der Waals surface area contributed by atoms with Gasteiger partial charge in [0.1, 0.15) is 12.2 Å². The fourth-order valence-corrected chi connectivity index (χ4v) is 13.5. The number of allylic oxidation sites excluding steroid dienone is 1. The Labute approximate surface area is 330 Å². The van der Waals surface area contributed by atoms with Crippen LogP contribution in [0.2, 0.25) is 0 Å². The summed E-state index contributed by atoms with van der Waals surface area (Å²) in [7, 11) is 0. The van der Waals surface area contributed by atoms with Crippen molar-refractivity contribution in [3.63, 3.8) is 0 Å². The summed E-state index contributed by atoms with van der Waals surface area (Å²) in [5, 5.41) is 16.2. The molecule has 308 valence electrons. The van der Waals surface area contributed by atoms with E-state index in [9.17, 15) is 14.7 Å². The number of aromatic nitrogens is 3. The van der Waals surface area contributed by atoms with Crippen LogP contribution >= 0.6 is 0 Å². The van der Waals surface area contributed by atoms with Crippen LogP contribution in [0.15, 0.2) is 18.0 Å². The van der Waals surface area contributed by atoms with Crippen LogP contribution in [-0.2, 0) is 14.3 Å². The molecule has 1 aromatic rings. The number of primary amides is 1. The fraction of sp³-hybridized carbons (Fsp3) is 0.864. The SMILES string of the molecule is CC(C)[C@@H](C)[C@@]1(C)CC[C@]2(C)[C@H]3CC[C@@H]4[C@@]5(C)COC[C@@]4(C3=CC[C@@]2(C)[C@@H]1C(=O)O)[C@@H](OC[C@](C)(N)C(C)(C)C)[C@H](n1ncnc1[C@@H]1CCN(C(N)=O)C1)C5. The number of nitrogens with zero attached hydrogens (tertiary/aromatic N) is 4. The maximum absolute atomic E-state index is 13.7. The second-order valence-electron chi connectivity index (χ2n) is 21.9. The first-order valence-electron chi connectivity index (χ1n) is 21.3. The lowest BCUT2D eigenvalue weighted by atomic mass is 9.34. The molecule has 5 fully saturated rings. The first kappa shape index (κ1) is 40.7. The van der Waals surface area contributed by atoms with Crippen molar-refractivity contribution in [3.8, 4) is 0 Å². The fourth-order valence-electron chi connectivity index (χ4n) is 13.5. The first-order chi connectivity index (χ1) is 25.5. The number of hydrogen-bond donors (Lipinski definition) is 3. The number of ether oxygens (including phenoxy) is 2. The molecule has 3 saturated carbocycles. The second kappa shape index (κ2) is 13.3. The van der Waals surface area contributed by atoms with Gasteiger partial charge in [-0.05, 0) is 103 Å². The van der Waals surface area contributed by atoms with Gasteiger partial charge >= 0.3 is 12.0 Å². The van der Waals surface area contributed by atoms with Gasteiger partial charge in [-0.2, -0.15) is 5.10 Å². The molecule has 5 N–H and O–H groups in total. The summed E-state index contributed by atoms with van der Waals surface area (Å²) < 4.78 is 16.4. The number of amides is 2. The monoisotopic (exact) mass is 765 g/mol. The first-order valence-corrected chi connectivity index (χ1v) is 21.3. The summed E-state index contributed by atoms with van der Waals surface area (Å²) in [6.45, 7) is 27.5. The van der Waals surface area contributed by atoms with Gasteiger partial charge in [-0.3, -0.25) is 4.79 Å². The molecule has 2 aliphatic heterocycles. The van der Waals surface area contributed by atoms with Crippen molar-refractivity contribution in [1.82, 2.24) is 19.7 Å². The Bertz CT molecular complexity index is 1700. The van der Waals surface area contributed by atoms with Gasteiger partial charge in [0.05, 0.1) is 37.9 Å². The molecule has 1 aromatic heterocycles. The molecule has 0 radical (unpaired) electrons. The number of fused-ring (bicyclic) bond motifs is 3. The van der Waals surface area contributed by atoms with Crippen LogP contribution in [0, 0.1) is 62.1 Å². The van der Waals surface area contributed by atoms with Gasteiger partial charge in [0.25, 0.3) is 0 Å². The Morgan fingerprint density at radius 2 is 1.76 bits per heavy atom. The smallest absolute Gasteiger partial charge is 0.314 e. The molecular formula is C44H72N6O5. The van der Waals surface area contributed by atoms with Gasteiger partial charge in [0.2, 0.25) is 0 Å². The number of nitrogens with two attached hydrogens (primary N) is 2. The Morgan fingerprint density at radius 3 is 2.38 bits per heavy atom. The molecule has 11 heteroatoms. The van der Waals surface area contributed by atoms with Crippen LogP contribution < -0.4 is 11.5 Å². The standard InChI is InChI=1S/C44H72N6O5/c1-26(2)27(3)40(8)17-18-41(9)29-12-13-32-39(7)20-31(50-35(47-25-48-50)28-15-19-49(21-28)37(45)53)34(55-23-43(11,46)38(4,5)6)44(32,24-54-22-39)30(29)14-16-42(41,10)33(40)36(51)52/h14,25-29,31-34H,12-13,15-24,46H2,1-11H3,(H2,45,53)(H,51,52)/t27-,28-,29+,31-,32-,33-,34+,39-,40-,41-,42+,43+,44+/m1/s1. The van der Waals surface area contributed by atoms with E-state index in [1.807, 2.05) is 0 Å². The molecular weight excluding hydrogens is 693 g/mol. The van der Waals surface area contributed by atoms with Crippen LogP contribution in [0.25, 0.3) is 0 Å². The van der Waals surface area contributed by atoms with Crippen molar-refractivity contribution in [3.05, 3.63) is 23.8 Å². The van der Waals surface area contributed by atoms with E-state index in [1.165, 1.54) is 5.57 Å². The largest absolute Gasteiger partial charge is 0.481 e. The number of aliphatic carboxylic acids is 1. The Balaban J connectivity index is 1.38. The highest BCUT2D eigenvalue weighted by Crippen LogP contribution is 2.75. The van der Waals surface area contributed by atoms with Crippen LogP contribution in [-0.4, -0.2) is 81.3 Å². The molecule has 6 aliphatic rings. The van der Waals surface area contributed by atoms with Crippen molar-refractivity contribution in [2.75, 3.05) is 32.9 Å². The van der Waals surface area contributed by atoms with Crippen LogP contribution in [0.1, 0.15) is 139 Å². The van der Waals surface area contributed by atoms with E-state index in [0.29, 0.717) is 51.2 Å². The number of rotatable bonds is 8. The third kappa shape index (κ3) is 5.80. The Morgan fingerprint density at radius 1 is 1.05 bits per heavy atom. The average Bonchev–Trinajstić information content (AvgIpc) is 3.78. The third-order valence-electron chi connectivity index (χ3n) is 18.1. The van der Waals surface area contributed by atoms with Crippen molar-refractivity contribution < 1.29 is 24.2 Å². The minimum Gasteiger partial charge on any atom is -0.481 e. The predicted molar refractivity (Wildman–Crippen MR) is 213 cm³/mol. The Hall–Kier alpha value is -2.50. The molecule has 0 aromatic carbocycles. The molecule has 0 spiro atoms. The van der Waals surface area contributed by atoms with Gasteiger partial charge in [0.15, 0.2) is 0 Å². The van der Waals surface area contributed by atoms with E-state index in [2.05, 4.69) is 86.9 Å². The van der Waals surface area contributed by atoms with E-state index in [1.54, 1.807) is 11.2 Å². The van der Waals surface area contributed by atoms with E-state index < -0.39 is 34.3 Å². The number of carboxylic acids is 1. The average molecular weight is 765 g/mol. The van der Waals surface area contributed by atoms with Gasteiger partial charge in [-0.15, -0.1) is 0 Å². The van der Waals surface area contributed by atoms with Gasteiger partial charge in [-0.25, -0.2) is 14.5 Å². The highest BCUT2D eigenvalue weighted by Gasteiger charge is 2.73.